The number of nitrogens with one attached hydrogen (secondary N) is 1. The molecule has 2 heterocycles. The van der Waals surface area contributed by atoms with Gasteiger partial charge in [-0.3, -0.25) is 0 Å². The van der Waals surface area contributed by atoms with Crippen LogP contribution in [0.15, 0.2) is 22.8 Å². The third-order valence-electron chi connectivity index (χ3n) is 2.39. The van der Waals surface area contributed by atoms with Crippen LogP contribution < -0.4 is 5.32 Å². The third kappa shape index (κ3) is 4.13. The Morgan fingerprint density at radius 1 is 1.33 bits per heavy atom. The van der Waals surface area contributed by atoms with Crippen molar-refractivity contribution in [2.45, 2.75) is 12.5 Å². The van der Waals surface area contributed by atoms with Crippen LogP contribution >= 0.6 is 23.5 Å². The van der Waals surface area contributed by atoms with Crippen molar-refractivity contribution >= 4 is 23.5 Å². The van der Waals surface area contributed by atoms with Crippen molar-refractivity contribution in [3.8, 4) is 0 Å². The molecule has 2 nitrogen and oxygen atoms in total. The van der Waals surface area contributed by atoms with E-state index in [9.17, 15) is 0 Å². The summed E-state index contributed by atoms with van der Waals surface area (Å²) in [6.45, 7) is 1.03. The van der Waals surface area contributed by atoms with Crippen LogP contribution in [0.1, 0.15) is 5.76 Å². The fourth-order valence-electron chi connectivity index (χ4n) is 1.59. The van der Waals surface area contributed by atoms with Crippen molar-refractivity contribution < 1.29 is 4.42 Å². The van der Waals surface area contributed by atoms with Gasteiger partial charge in [0.05, 0.1) is 6.26 Å². The van der Waals surface area contributed by atoms with E-state index in [2.05, 4.69) is 28.8 Å². The standard InChI is InChI=1S/C11H17NOS2/c1-2-11(13-5-1)3-4-12-10-8-14-6-7-15-9-10/h1-2,5,10,12H,3-4,6-9H2. The zero-order valence-corrected chi connectivity index (χ0v) is 10.4. The van der Waals surface area contributed by atoms with Gasteiger partial charge in [0.25, 0.3) is 0 Å². The molecule has 0 atom stereocenters. The molecular weight excluding hydrogens is 226 g/mol. The minimum atomic E-state index is 0.678. The Hall–Kier alpha value is -0.0600. The van der Waals surface area contributed by atoms with E-state index < -0.39 is 0 Å². The molecule has 84 valence electrons. The van der Waals surface area contributed by atoms with Crippen LogP contribution in [0, 0.1) is 0 Å². The van der Waals surface area contributed by atoms with Crippen LogP contribution in [0.5, 0.6) is 0 Å². The first kappa shape index (κ1) is 11.4. The van der Waals surface area contributed by atoms with Gasteiger partial charge in [0.2, 0.25) is 0 Å². The molecule has 0 aromatic carbocycles. The normalized spacial score (nSPS) is 18.9. The average molecular weight is 243 g/mol. The molecule has 0 bridgehead atoms. The maximum atomic E-state index is 5.30. The number of furan rings is 1. The van der Waals surface area contributed by atoms with Gasteiger partial charge in [-0.05, 0) is 12.1 Å². The smallest absolute Gasteiger partial charge is 0.105 e. The largest absolute Gasteiger partial charge is 0.469 e. The van der Waals surface area contributed by atoms with Crippen molar-refractivity contribution in [3.05, 3.63) is 24.2 Å². The molecule has 4 heteroatoms. The van der Waals surface area contributed by atoms with E-state index in [0.29, 0.717) is 6.04 Å². The molecule has 0 saturated carbocycles. The van der Waals surface area contributed by atoms with Gasteiger partial charge in [-0.2, -0.15) is 23.5 Å². The molecule has 1 aromatic rings. The van der Waals surface area contributed by atoms with Crippen LogP contribution in [0.3, 0.4) is 0 Å². The molecule has 15 heavy (non-hydrogen) atoms. The first-order valence-corrected chi connectivity index (χ1v) is 7.67. The summed E-state index contributed by atoms with van der Waals surface area (Å²) in [5.41, 5.74) is 0. The molecule has 1 saturated heterocycles. The molecule has 0 spiro atoms. The summed E-state index contributed by atoms with van der Waals surface area (Å²) < 4.78 is 5.30. The molecule has 1 aromatic heterocycles. The average Bonchev–Trinajstić information content (AvgIpc) is 2.62. The van der Waals surface area contributed by atoms with Gasteiger partial charge in [-0.1, -0.05) is 0 Å². The van der Waals surface area contributed by atoms with Crippen molar-refractivity contribution in [3.63, 3.8) is 0 Å². The van der Waals surface area contributed by atoms with Crippen LogP contribution in [0.4, 0.5) is 0 Å². The maximum absolute atomic E-state index is 5.30. The molecule has 0 unspecified atom stereocenters. The van der Waals surface area contributed by atoms with Crippen LogP contribution in [-0.4, -0.2) is 35.6 Å². The highest BCUT2D eigenvalue weighted by Crippen LogP contribution is 2.16. The van der Waals surface area contributed by atoms with Crippen molar-refractivity contribution in [2.24, 2.45) is 0 Å². The summed E-state index contributed by atoms with van der Waals surface area (Å²) in [4.78, 5) is 0. The maximum Gasteiger partial charge on any atom is 0.105 e. The number of thioether (sulfide) groups is 2. The summed E-state index contributed by atoms with van der Waals surface area (Å²) in [5, 5.41) is 3.60. The minimum absolute atomic E-state index is 0.678. The van der Waals surface area contributed by atoms with Gasteiger partial charge in [0.15, 0.2) is 0 Å². The van der Waals surface area contributed by atoms with Crippen molar-refractivity contribution in [1.82, 2.24) is 5.32 Å². The third-order valence-corrected chi connectivity index (χ3v) is 4.91. The highest BCUT2D eigenvalue weighted by atomic mass is 32.2. The quantitative estimate of drug-likeness (QED) is 0.877. The monoisotopic (exact) mass is 243 g/mol. The molecule has 0 radical (unpaired) electrons. The predicted octanol–water partition coefficient (Wildman–Crippen LogP) is 2.26. The second-order valence-electron chi connectivity index (χ2n) is 3.63. The molecule has 1 N–H and O–H groups in total. The summed E-state index contributed by atoms with van der Waals surface area (Å²) >= 11 is 4.13. The fourth-order valence-corrected chi connectivity index (χ4v) is 4.06. The molecule has 0 amide bonds. The molecule has 1 aliphatic heterocycles. The van der Waals surface area contributed by atoms with Gasteiger partial charge in [0, 0.05) is 42.0 Å². The molecule has 1 aliphatic rings. The van der Waals surface area contributed by atoms with Crippen molar-refractivity contribution in [1.29, 1.82) is 0 Å². The second kappa shape index (κ2) is 6.51. The van der Waals surface area contributed by atoms with E-state index in [-0.39, 0.29) is 0 Å². The van der Waals surface area contributed by atoms with Crippen molar-refractivity contribution in [2.75, 3.05) is 29.6 Å². The number of hydrogen-bond acceptors (Lipinski definition) is 4. The zero-order chi connectivity index (χ0) is 10.3. The summed E-state index contributed by atoms with van der Waals surface area (Å²) in [5.74, 6) is 6.20. The number of rotatable bonds is 4. The van der Waals surface area contributed by atoms with Gasteiger partial charge >= 0.3 is 0 Å². The summed E-state index contributed by atoms with van der Waals surface area (Å²) in [6, 6.07) is 4.67. The molecule has 2 rings (SSSR count). The predicted molar refractivity (Wildman–Crippen MR) is 68.9 cm³/mol. The summed E-state index contributed by atoms with van der Waals surface area (Å²) in [6.07, 6.45) is 2.74. The van der Waals surface area contributed by atoms with E-state index >= 15 is 0 Å². The highest BCUT2D eigenvalue weighted by Gasteiger charge is 2.11. The van der Waals surface area contributed by atoms with Crippen LogP contribution in [0.25, 0.3) is 0 Å². The highest BCUT2D eigenvalue weighted by molar-refractivity contribution is 8.03. The Balaban J connectivity index is 1.64. The van der Waals surface area contributed by atoms with Gasteiger partial charge in [0.1, 0.15) is 5.76 Å². The van der Waals surface area contributed by atoms with E-state index in [1.54, 1.807) is 6.26 Å². The van der Waals surface area contributed by atoms with Gasteiger partial charge in [-0.15, -0.1) is 0 Å². The van der Waals surface area contributed by atoms with Crippen LogP contribution in [0.2, 0.25) is 0 Å². The van der Waals surface area contributed by atoms with Crippen LogP contribution in [-0.2, 0) is 6.42 Å². The fraction of sp³-hybridized carbons (Fsp3) is 0.636. The Kier molecular flexibility index (Phi) is 4.96. The lowest BCUT2D eigenvalue weighted by molar-refractivity contribution is 0.491. The molecule has 0 aliphatic carbocycles. The lowest BCUT2D eigenvalue weighted by Crippen LogP contribution is -2.34. The SMILES string of the molecule is c1coc(CCNC2CSCCSC2)c1. The molecule has 1 fully saturated rings. The lowest BCUT2D eigenvalue weighted by atomic mass is 10.3. The van der Waals surface area contributed by atoms with Gasteiger partial charge in [-0.25, -0.2) is 0 Å². The Morgan fingerprint density at radius 3 is 2.80 bits per heavy atom. The summed E-state index contributed by atoms with van der Waals surface area (Å²) in [7, 11) is 0. The number of hydrogen-bond donors (Lipinski definition) is 1. The Bertz CT molecular complexity index is 256. The van der Waals surface area contributed by atoms with E-state index in [0.717, 1.165) is 18.7 Å². The zero-order valence-electron chi connectivity index (χ0n) is 8.78. The Labute approximate surface area is 99.6 Å². The minimum Gasteiger partial charge on any atom is -0.469 e. The topological polar surface area (TPSA) is 25.2 Å². The molecular formula is C11H17NOS2. The first-order valence-electron chi connectivity index (χ1n) is 5.36. The van der Waals surface area contributed by atoms with E-state index in [4.69, 9.17) is 4.42 Å². The first-order chi connectivity index (χ1) is 7.45. The van der Waals surface area contributed by atoms with E-state index in [1.165, 1.54) is 23.0 Å². The van der Waals surface area contributed by atoms with Gasteiger partial charge < -0.3 is 9.73 Å². The Morgan fingerprint density at radius 2 is 2.13 bits per heavy atom. The lowest BCUT2D eigenvalue weighted by Gasteiger charge is -2.14. The second-order valence-corrected chi connectivity index (χ2v) is 5.93. The van der Waals surface area contributed by atoms with E-state index in [1.807, 2.05) is 12.1 Å².